The van der Waals surface area contributed by atoms with E-state index in [1.165, 1.54) is 0 Å². The molecule has 1 atom stereocenters. The molecule has 1 aromatic rings. The second-order valence-electron chi connectivity index (χ2n) is 6.91. The van der Waals surface area contributed by atoms with Crippen LogP contribution in [-0.2, 0) is 9.53 Å². The number of morpholine rings is 1. The van der Waals surface area contributed by atoms with E-state index in [-0.39, 0.29) is 18.0 Å². The smallest absolute Gasteiger partial charge is 0.322 e. The van der Waals surface area contributed by atoms with E-state index in [0.29, 0.717) is 31.9 Å². The van der Waals surface area contributed by atoms with Crippen LogP contribution >= 0.6 is 15.9 Å². The Kier molecular flexibility index (Phi) is 4.75. The molecule has 3 amide bonds. The number of halogens is 1. The van der Waals surface area contributed by atoms with Crippen molar-refractivity contribution in [2.24, 2.45) is 0 Å². The summed E-state index contributed by atoms with van der Waals surface area (Å²) in [5, 5.41) is 3.07. The summed E-state index contributed by atoms with van der Waals surface area (Å²) in [7, 11) is 0. The molecule has 0 radical (unpaired) electrons. The largest absolute Gasteiger partial charge is 0.378 e. The van der Waals surface area contributed by atoms with Gasteiger partial charge in [0.2, 0.25) is 0 Å². The second kappa shape index (κ2) is 7.04. The minimum Gasteiger partial charge on any atom is -0.378 e. The first-order valence-electron chi connectivity index (χ1n) is 9.00. The number of ether oxygens (including phenoxy) is 1. The molecule has 2 fully saturated rings. The van der Waals surface area contributed by atoms with Crippen LogP contribution in [0.3, 0.4) is 0 Å². The first-order valence-corrected chi connectivity index (χ1v) is 9.79. The molecular weight excluding hydrogens is 398 g/mol. The molecule has 26 heavy (non-hydrogen) atoms. The number of rotatable bonds is 3. The van der Waals surface area contributed by atoms with E-state index in [1.807, 2.05) is 36.1 Å². The average molecular weight is 420 g/mol. The maximum atomic E-state index is 13.4. The molecule has 3 aliphatic rings. The van der Waals surface area contributed by atoms with Gasteiger partial charge in [0.1, 0.15) is 0 Å². The van der Waals surface area contributed by atoms with Crippen LogP contribution in [0, 0.1) is 0 Å². The van der Waals surface area contributed by atoms with Gasteiger partial charge in [0.05, 0.1) is 24.8 Å². The van der Waals surface area contributed by atoms with Gasteiger partial charge in [-0.1, -0.05) is 34.1 Å². The van der Waals surface area contributed by atoms with Gasteiger partial charge in [-0.3, -0.25) is 9.69 Å². The molecule has 0 bridgehead atoms. The highest BCUT2D eigenvalue weighted by Gasteiger charge is 2.43. The number of amides is 3. The quantitative estimate of drug-likeness (QED) is 0.818. The van der Waals surface area contributed by atoms with E-state index in [1.54, 1.807) is 4.90 Å². The summed E-state index contributed by atoms with van der Waals surface area (Å²) in [5.74, 6) is -0.0165. The minimum atomic E-state index is -0.455. The van der Waals surface area contributed by atoms with Crippen LogP contribution in [0.15, 0.2) is 40.0 Å². The van der Waals surface area contributed by atoms with E-state index < -0.39 is 6.04 Å². The molecule has 138 valence electrons. The Bertz CT molecular complexity index is 769. The normalized spacial score (nSPS) is 23.9. The Morgan fingerprint density at radius 2 is 1.92 bits per heavy atom. The molecule has 1 aromatic carbocycles. The fourth-order valence-corrected chi connectivity index (χ4v) is 4.20. The number of hydrogen-bond donors (Lipinski definition) is 1. The van der Waals surface area contributed by atoms with E-state index in [9.17, 15) is 9.59 Å². The van der Waals surface area contributed by atoms with Crippen molar-refractivity contribution in [1.29, 1.82) is 0 Å². The van der Waals surface area contributed by atoms with Gasteiger partial charge in [-0.25, -0.2) is 4.79 Å². The molecule has 2 aliphatic heterocycles. The van der Waals surface area contributed by atoms with Crippen molar-refractivity contribution >= 4 is 27.9 Å². The highest BCUT2D eigenvalue weighted by atomic mass is 79.9. The molecule has 1 unspecified atom stereocenters. The summed E-state index contributed by atoms with van der Waals surface area (Å²) >= 11 is 3.57. The van der Waals surface area contributed by atoms with E-state index >= 15 is 0 Å². The van der Waals surface area contributed by atoms with Crippen LogP contribution in [0.2, 0.25) is 0 Å². The Hall–Kier alpha value is -1.86. The van der Waals surface area contributed by atoms with Crippen molar-refractivity contribution in [2.75, 3.05) is 26.3 Å². The van der Waals surface area contributed by atoms with Gasteiger partial charge in [-0.05, 0) is 31.4 Å². The van der Waals surface area contributed by atoms with Crippen LogP contribution in [0.5, 0.6) is 0 Å². The highest BCUT2D eigenvalue weighted by Crippen LogP contribution is 2.39. The molecule has 2 heterocycles. The number of urea groups is 1. The molecule has 7 heteroatoms. The molecule has 1 N–H and O–H groups in total. The van der Waals surface area contributed by atoms with Crippen molar-refractivity contribution in [3.05, 3.63) is 45.6 Å². The van der Waals surface area contributed by atoms with Crippen LogP contribution < -0.4 is 5.32 Å². The number of carbonyl (C=O) groups excluding carboxylic acids is 2. The van der Waals surface area contributed by atoms with Crippen LogP contribution in [-0.4, -0.2) is 54.1 Å². The highest BCUT2D eigenvalue weighted by molar-refractivity contribution is 9.10. The third-order valence-corrected chi connectivity index (χ3v) is 5.91. The van der Waals surface area contributed by atoms with Crippen molar-refractivity contribution in [2.45, 2.75) is 31.8 Å². The van der Waals surface area contributed by atoms with Crippen molar-refractivity contribution in [1.82, 2.24) is 15.1 Å². The first kappa shape index (κ1) is 17.5. The second-order valence-corrected chi connectivity index (χ2v) is 7.76. The average Bonchev–Trinajstić information content (AvgIpc) is 3.47. The van der Waals surface area contributed by atoms with E-state index in [4.69, 9.17) is 4.74 Å². The van der Waals surface area contributed by atoms with Crippen LogP contribution in [0.4, 0.5) is 4.79 Å². The molecule has 0 spiro atoms. The maximum Gasteiger partial charge on any atom is 0.322 e. The Balaban J connectivity index is 1.77. The number of nitrogens with one attached hydrogen (secondary N) is 1. The van der Waals surface area contributed by atoms with E-state index in [0.717, 1.165) is 28.6 Å². The number of allylic oxidation sites excluding steroid dienone is 1. The predicted molar refractivity (Wildman–Crippen MR) is 100 cm³/mol. The topological polar surface area (TPSA) is 61.9 Å². The summed E-state index contributed by atoms with van der Waals surface area (Å²) in [5.41, 5.74) is 2.33. The zero-order valence-electron chi connectivity index (χ0n) is 14.7. The predicted octanol–water partition coefficient (Wildman–Crippen LogP) is 2.81. The van der Waals surface area contributed by atoms with Crippen molar-refractivity contribution in [3.63, 3.8) is 0 Å². The zero-order valence-corrected chi connectivity index (χ0v) is 16.3. The van der Waals surface area contributed by atoms with Gasteiger partial charge >= 0.3 is 6.03 Å². The molecule has 1 saturated heterocycles. The molecule has 1 aliphatic carbocycles. The monoisotopic (exact) mass is 419 g/mol. The number of benzene rings is 1. The van der Waals surface area contributed by atoms with Crippen molar-refractivity contribution in [3.8, 4) is 0 Å². The van der Waals surface area contributed by atoms with Crippen LogP contribution in [0.25, 0.3) is 0 Å². The SMILES string of the molecule is CC1=C(C(=O)N2CCOCC2)C(c2ccccc2Br)NC(=O)N1C1CC1. The van der Waals surface area contributed by atoms with Gasteiger partial charge in [-0.15, -0.1) is 0 Å². The summed E-state index contributed by atoms with van der Waals surface area (Å²) in [4.78, 5) is 29.7. The fraction of sp³-hybridized carbons (Fsp3) is 0.474. The van der Waals surface area contributed by atoms with Gasteiger partial charge in [0, 0.05) is 29.3 Å². The van der Waals surface area contributed by atoms with Crippen LogP contribution in [0.1, 0.15) is 31.4 Å². The molecule has 0 aromatic heterocycles. The summed E-state index contributed by atoms with van der Waals surface area (Å²) in [6, 6.07) is 7.36. The van der Waals surface area contributed by atoms with Gasteiger partial charge in [-0.2, -0.15) is 0 Å². The fourth-order valence-electron chi connectivity index (χ4n) is 3.69. The van der Waals surface area contributed by atoms with Gasteiger partial charge in [0.15, 0.2) is 0 Å². The van der Waals surface area contributed by atoms with Gasteiger partial charge in [0.25, 0.3) is 5.91 Å². The third kappa shape index (κ3) is 3.14. The molecule has 1 saturated carbocycles. The number of hydrogen-bond acceptors (Lipinski definition) is 3. The number of carbonyl (C=O) groups is 2. The Morgan fingerprint density at radius 1 is 1.23 bits per heavy atom. The van der Waals surface area contributed by atoms with Gasteiger partial charge < -0.3 is 15.0 Å². The van der Waals surface area contributed by atoms with Crippen molar-refractivity contribution < 1.29 is 14.3 Å². The summed E-state index contributed by atoms with van der Waals surface area (Å²) in [6.07, 6.45) is 1.98. The summed E-state index contributed by atoms with van der Waals surface area (Å²) in [6.45, 7) is 4.16. The minimum absolute atomic E-state index is 0.0165. The molecule has 6 nitrogen and oxygen atoms in total. The lowest BCUT2D eigenvalue weighted by molar-refractivity contribution is -0.131. The lowest BCUT2D eigenvalue weighted by Gasteiger charge is -2.38. The van der Waals surface area contributed by atoms with E-state index in [2.05, 4.69) is 21.2 Å². The zero-order chi connectivity index (χ0) is 18.3. The first-order chi connectivity index (χ1) is 12.6. The Labute approximate surface area is 161 Å². The maximum absolute atomic E-state index is 13.4. The molecule has 4 rings (SSSR count). The lowest BCUT2D eigenvalue weighted by atomic mass is 9.93. The number of nitrogens with zero attached hydrogens (tertiary/aromatic N) is 2. The lowest BCUT2D eigenvalue weighted by Crippen LogP contribution is -2.51. The Morgan fingerprint density at radius 3 is 2.58 bits per heavy atom. The third-order valence-electron chi connectivity index (χ3n) is 5.18. The molecular formula is C19H22BrN3O3. The standard InChI is InChI=1S/C19H22BrN3O3/c1-12-16(18(24)22-8-10-26-11-9-22)17(14-4-2-3-5-15(14)20)21-19(25)23(12)13-6-7-13/h2-5,13,17H,6-11H2,1H3,(H,21,25). The summed E-state index contributed by atoms with van der Waals surface area (Å²) < 4.78 is 6.26.